The van der Waals surface area contributed by atoms with Crippen molar-refractivity contribution in [2.75, 3.05) is 7.11 Å². The minimum absolute atomic E-state index is 0.0302. The molecule has 5 nitrogen and oxygen atoms in total. The maximum Gasteiger partial charge on any atom is 0.312 e. The quantitative estimate of drug-likeness (QED) is 0.389. The first-order chi connectivity index (χ1) is 17.2. The first kappa shape index (κ1) is 25.4. The smallest absolute Gasteiger partial charge is 0.312 e. The average Bonchev–Trinajstić information content (AvgIpc) is 3.28. The fraction of sp³-hybridized carbons (Fsp3) is 0.781. The van der Waals surface area contributed by atoms with E-state index in [9.17, 15) is 9.59 Å². The number of carbonyl (C=O) groups is 2. The van der Waals surface area contributed by atoms with E-state index in [4.69, 9.17) is 9.26 Å². The molecule has 0 radical (unpaired) electrons. The molecule has 3 fully saturated rings. The Hall–Kier alpha value is -1.91. The molecule has 0 bridgehead atoms. The van der Waals surface area contributed by atoms with E-state index in [2.05, 4.69) is 59.7 Å². The van der Waals surface area contributed by atoms with Crippen LogP contribution in [0.25, 0.3) is 0 Å². The van der Waals surface area contributed by atoms with Gasteiger partial charge in [0.2, 0.25) is 0 Å². The van der Waals surface area contributed by atoms with Gasteiger partial charge in [-0.05, 0) is 90.9 Å². The summed E-state index contributed by atoms with van der Waals surface area (Å²) in [7, 11) is 1.52. The molecule has 3 saturated carbocycles. The van der Waals surface area contributed by atoms with Crippen LogP contribution in [0.15, 0.2) is 22.4 Å². The fourth-order valence-electron chi connectivity index (χ4n) is 10.9. The van der Waals surface area contributed by atoms with E-state index < -0.39 is 5.41 Å². The third-order valence-corrected chi connectivity index (χ3v) is 12.9. The number of ether oxygens (including phenoxy) is 1. The molecule has 5 aliphatic rings. The molecule has 5 heteroatoms. The van der Waals surface area contributed by atoms with Crippen LogP contribution in [-0.2, 0) is 26.2 Å². The summed E-state index contributed by atoms with van der Waals surface area (Å²) >= 11 is 0. The number of hydrogen-bond donors (Lipinski definition) is 0. The van der Waals surface area contributed by atoms with E-state index in [0.717, 1.165) is 57.1 Å². The van der Waals surface area contributed by atoms with Crippen LogP contribution >= 0.6 is 0 Å². The lowest BCUT2D eigenvalue weighted by molar-refractivity contribution is -0.191. The highest BCUT2D eigenvalue weighted by Crippen LogP contribution is 2.74. The van der Waals surface area contributed by atoms with E-state index in [1.807, 2.05) is 6.20 Å². The molecule has 1 aromatic rings. The summed E-state index contributed by atoms with van der Waals surface area (Å²) in [6, 6.07) is 0. The van der Waals surface area contributed by atoms with E-state index in [-0.39, 0.29) is 50.7 Å². The summed E-state index contributed by atoms with van der Waals surface area (Å²) in [6.45, 7) is 16.5. The molecule has 6 rings (SSSR count). The third-order valence-electron chi connectivity index (χ3n) is 12.9. The normalized spacial score (nSPS) is 45.4. The fourth-order valence-corrected chi connectivity index (χ4v) is 10.9. The zero-order valence-electron chi connectivity index (χ0n) is 24.1. The van der Waals surface area contributed by atoms with Crippen molar-refractivity contribution in [2.45, 2.75) is 105 Å². The largest absolute Gasteiger partial charge is 0.469 e. The average molecular weight is 508 g/mol. The first-order valence-electron chi connectivity index (χ1n) is 14.5. The van der Waals surface area contributed by atoms with Crippen molar-refractivity contribution in [2.24, 2.45) is 44.8 Å². The van der Waals surface area contributed by atoms with Crippen LogP contribution in [0.5, 0.6) is 0 Å². The Morgan fingerprint density at radius 2 is 1.73 bits per heavy atom. The van der Waals surface area contributed by atoms with Crippen molar-refractivity contribution in [3.8, 4) is 0 Å². The highest BCUT2D eigenvalue weighted by molar-refractivity contribution is 5.96. The minimum Gasteiger partial charge on any atom is -0.469 e. The molecule has 0 amide bonds. The standard InChI is InChI=1S/C32H45NO4/c1-27(2)11-13-32(26(35)36-8)14-12-31(7)24(20(32)17-27)21(34)15-23-29(5)16-19-18-33-37-25(19)28(3,4)22(29)9-10-30(23,31)6/h15,18,20,22,24H,9-14,16-17H2,1-8H3/t20?,22?,24?,29-,30+,31+,32-/m0/s1. The van der Waals surface area contributed by atoms with Crippen molar-refractivity contribution in [1.29, 1.82) is 0 Å². The van der Waals surface area contributed by atoms with Crippen LogP contribution in [0.4, 0.5) is 0 Å². The van der Waals surface area contributed by atoms with Gasteiger partial charge in [-0.1, -0.05) is 59.2 Å². The Bertz CT molecular complexity index is 1210. The summed E-state index contributed by atoms with van der Waals surface area (Å²) in [5, 5.41) is 4.19. The van der Waals surface area contributed by atoms with Gasteiger partial charge in [0.15, 0.2) is 5.78 Å². The van der Waals surface area contributed by atoms with Crippen molar-refractivity contribution in [1.82, 2.24) is 5.16 Å². The first-order valence-corrected chi connectivity index (χ1v) is 14.5. The number of esters is 1. The second-order valence-electron chi connectivity index (χ2n) is 15.4. The van der Waals surface area contributed by atoms with Gasteiger partial charge in [0.1, 0.15) is 5.76 Å². The SMILES string of the molecule is COC(=O)[C@]12CCC(C)(C)CC1C1C(=O)C=C3[C@@]4(C)Cc5cnoc5C(C)(C)C4CC[C@@]3(C)[C@]1(C)CC2. The molecular formula is C32H45NO4. The van der Waals surface area contributed by atoms with Crippen molar-refractivity contribution >= 4 is 11.8 Å². The van der Waals surface area contributed by atoms with Crippen molar-refractivity contribution < 1.29 is 18.8 Å². The van der Waals surface area contributed by atoms with Gasteiger partial charge in [-0.15, -0.1) is 0 Å². The molecule has 0 saturated heterocycles. The van der Waals surface area contributed by atoms with E-state index in [1.54, 1.807) is 0 Å². The van der Waals surface area contributed by atoms with Crippen LogP contribution in [0, 0.1) is 44.8 Å². The van der Waals surface area contributed by atoms with Crippen LogP contribution in [0.3, 0.4) is 0 Å². The van der Waals surface area contributed by atoms with Crippen LogP contribution in [0.1, 0.15) is 105 Å². The molecular weight excluding hydrogens is 462 g/mol. The minimum atomic E-state index is -0.531. The Labute approximate surface area is 222 Å². The van der Waals surface area contributed by atoms with Crippen molar-refractivity contribution in [3.05, 3.63) is 29.2 Å². The molecule has 5 aliphatic carbocycles. The topological polar surface area (TPSA) is 69.4 Å². The van der Waals surface area contributed by atoms with Gasteiger partial charge in [0.25, 0.3) is 0 Å². The van der Waals surface area contributed by atoms with Crippen LogP contribution < -0.4 is 0 Å². The lowest BCUT2D eigenvalue weighted by atomic mass is 9.34. The lowest BCUT2D eigenvalue weighted by Gasteiger charge is -2.69. The Morgan fingerprint density at radius 1 is 1.03 bits per heavy atom. The molecule has 37 heavy (non-hydrogen) atoms. The third kappa shape index (κ3) is 2.95. The van der Waals surface area contributed by atoms with Gasteiger partial charge in [0, 0.05) is 16.9 Å². The molecule has 7 atom stereocenters. The van der Waals surface area contributed by atoms with Gasteiger partial charge >= 0.3 is 5.97 Å². The van der Waals surface area contributed by atoms with E-state index in [1.165, 1.54) is 18.2 Å². The summed E-state index contributed by atoms with van der Waals surface area (Å²) in [5.74, 6) is 1.46. The van der Waals surface area contributed by atoms with Gasteiger partial charge in [-0.25, -0.2) is 0 Å². The van der Waals surface area contributed by atoms with Crippen LogP contribution in [-0.4, -0.2) is 24.0 Å². The number of aromatic nitrogens is 1. The van der Waals surface area contributed by atoms with Crippen molar-refractivity contribution in [3.63, 3.8) is 0 Å². The zero-order chi connectivity index (χ0) is 26.8. The second-order valence-corrected chi connectivity index (χ2v) is 15.4. The number of fused-ring (bicyclic) bond motifs is 8. The summed E-state index contributed by atoms with van der Waals surface area (Å²) in [4.78, 5) is 27.9. The van der Waals surface area contributed by atoms with Crippen LogP contribution in [0.2, 0.25) is 0 Å². The lowest BCUT2D eigenvalue weighted by Crippen LogP contribution is -2.66. The summed E-state index contributed by atoms with van der Waals surface area (Å²) in [5.41, 5.74) is 1.59. The Morgan fingerprint density at radius 3 is 2.43 bits per heavy atom. The molecule has 0 spiro atoms. The van der Waals surface area contributed by atoms with Gasteiger partial charge in [0.05, 0.1) is 18.7 Å². The maximum absolute atomic E-state index is 14.5. The van der Waals surface area contributed by atoms with Gasteiger partial charge in [-0.3, -0.25) is 9.59 Å². The molecule has 202 valence electrons. The predicted molar refractivity (Wildman–Crippen MR) is 142 cm³/mol. The molecule has 1 aromatic heterocycles. The highest BCUT2D eigenvalue weighted by atomic mass is 16.5. The predicted octanol–water partition coefficient (Wildman–Crippen LogP) is 6.84. The Kier molecular flexibility index (Phi) is 5.06. The summed E-state index contributed by atoms with van der Waals surface area (Å²) < 4.78 is 11.2. The molecule has 3 unspecified atom stereocenters. The highest BCUT2D eigenvalue weighted by Gasteiger charge is 2.71. The van der Waals surface area contributed by atoms with Gasteiger partial charge in [-0.2, -0.15) is 0 Å². The molecule has 0 N–H and O–H groups in total. The Balaban J connectivity index is 1.51. The molecule has 1 heterocycles. The number of ketones is 1. The second kappa shape index (κ2) is 7.39. The monoisotopic (exact) mass is 507 g/mol. The van der Waals surface area contributed by atoms with Gasteiger partial charge < -0.3 is 9.26 Å². The maximum atomic E-state index is 14.5. The number of rotatable bonds is 1. The number of carbonyl (C=O) groups excluding carboxylic acids is 2. The zero-order valence-corrected chi connectivity index (χ0v) is 24.1. The number of methoxy groups -OCH3 is 1. The summed E-state index contributed by atoms with van der Waals surface area (Å²) in [6.07, 6.45) is 11.5. The molecule has 0 aliphatic heterocycles. The van der Waals surface area contributed by atoms with E-state index in [0.29, 0.717) is 5.92 Å². The molecule has 0 aromatic carbocycles. The number of hydrogen-bond acceptors (Lipinski definition) is 5. The van der Waals surface area contributed by atoms with E-state index >= 15 is 0 Å². The number of allylic oxidation sites excluding steroid dienone is 2. The number of nitrogens with zero attached hydrogens (tertiary/aromatic N) is 1.